The number of nitrogens with one attached hydrogen (secondary N) is 1. The van der Waals surface area contributed by atoms with Gasteiger partial charge in [-0.15, -0.1) is 0 Å². The summed E-state index contributed by atoms with van der Waals surface area (Å²) in [4.78, 5) is 25.7. The number of aromatic amines is 1. The number of amides is 1. The number of H-pyrrole nitrogens is 1. The van der Waals surface area contributed by atoms with Crippen molar-refractivity contribution in [2.45, 2.75) is 6.92 Å². The lowest BCUT2D eigenvalue weighted by molar-refractivity contribution is -0.120. The van der Waals surface area contributed by atoms with Crippen molar-refractivity contribution >= 4 is 22.6 Å². The van der Waals surface area contributed by atoms with E-state index < -0.39 is 11.8 Å². The summed E-state index contributed by atoms with van der Waals surface area (Å²) in [6, 6.07) is 9.28. The van der Waals surface area contributed by atoms with Crippen LogP contribution in [-0.2, 0) is 4.79 Å². The first-order valence-electron chi connectivity index (χ1n) is 5.01. The Morgan fingerprint density at radius 2 is 2.00 bits per heavy atom. The molecule has 1 unspecified atom stereocenters. The zero-order valence-electron chi connectivity index (χ0n) is 8.86. The molecule has 0 spiro atoms. The lowest BCUT2D eigenvalue weighted by Crippen LogP contribution is -2.27. The molecule has 1 heterocycles. The Kier molecular flexibility index (Phi) is 2.48. The number of primary amides is 1. The predicted octanol–water partition coefficient (Wildman–Crippen LogP) is 1.47. The molecule has 1 aromatic heterocycles. The normalized spacial score (nSPS) is 12.6. The van der Waals surface area contributed by atoms with Crippen molar-refractivity contribution in [3.8, 4) is 0 Å². The van der Waals surface area contributed by atoms with Crippen LogP contribution in [0.25, 0.3) is 10.9 Å². The molecule has 3 N–H and O–H groups in total. The fourth-order valence-electron chi connectivity index (χ4n) is 1.57. The van der Waals surface area contributed by atoms with Crippen LogP contribution in [0, 0.1) is 5.92 Å². The molecule has 0 bridgehead atoms. The van der Waals surface area contributed by atoms with Gasteiger partial charge in [0.15, 0.2) is 5.78 Å². The van der Waals surface area contributed by atoms with Gasteiger partial charge in [0.05, 0.1) is 11.6 Å². The second-order valence-electron chi connectivity index (χ2n) is 3.76. The molecule has 1 amide bonds. The van der Waals surface area contributed by atoms with Crippen LogP contribution in [0.5, 0.6) is 0 Å². The highest BCUT2D eigenvalue weighted by molar-refractivity contribution is 6.10. The van der Waals surface area contributed by atoms with Gasteiger partial charge in [0.2, 0.25) is 5.91 Å². The van der Waals surface area contributed by atoms with Crippen molar-refractivity contribution in [2.24, 2.45) is 11.7 Å². The summed E-state index contributed by atoms with van der Waals surface area (Å²) < 4.78 is 0. The van der Waals surface area contributed by atoms with Crippen LogP contribution in [0.4, 0.5) is 0 Å². The minimum absolute atomic E-state index is 0.274. The minimum Gasteiger partial charge on any atom is -0.369 e. The molecule has 0 aliphatic carbocycles. The van der Waals surface area contributed by atoms with Gasteiger partial charge in [-0.2, -0.15) is 0 Å². The number of Topliss-reactive ketones (excluding diaryl/α,β-unsaturated/α-hetero) is 1. The van der Waals surface area contributed by atoms with Gasteiger partial charge in [-0.3, -0.25) is 9.59 Å². The average Bonchev–Trinajstić information content (AvgIpc) is 2.70. The highest BCUT2D eigenvalue weighted by Crippen LogP contribution is 2.17. The van der Waals surface area contributed by atoms with Gasteiger partial charge < -0.3 is 10.7 Å². The summed E-state index contributed by atoms with van der Waals surface area (Å²) in [5.41, 5.74) is 6.40. The number of carbonyl (C=O) groups excluding carboxylic acids is 2. The molecule has 4 nitrogen and oxygen atoms in total. The molecule has 0 aliphatic heterocycles. The Bertz CT molecular complexity index is 524. The van der Waals surface area contributed by atoms with Gasteiger partial charge in [0, 0.05) is 10.9 Å². The van der Waals surface area contributed by atoms with Crippen LogP contribution in [0.1, 0.15) is 17.4 Å². The molecule has 16 heavy (non-hydrogen) atoms. The van der Waals surface area contributed by atoms with Crippen LogP contribution >= 0.6 is 0 Å². The highest BCUT2D eigenvalue weighted by atomic mass is 16.2. The Balaban J connectivity index is 2.41. The van der Waals surface area contributed by atoms with Crippen molar-refractivity contribution in [3.05, 3.63) is 36.0 Å². The molecule has 0 fully saturated rings. The SMILES string of the molecule is CC(C(N)=O)C(=O)c1cc2ccccc2[nH]1. The number of rotatable bonds is 3. The summed E-state index contributed by atoms with van der Waals surface area (Å²) in [7, 11) is 0. The molecule has 0 saturated heterocycles. The largest absolute Gasteiger partial charge is 0.369 e. The van der Waals surface area contributed by atoms with Crippen molar-refractivity contribution in [3.63, 3.8) is 0 Å². The smallest absolute Gasteiger partial charge is 0.228 e. The van der Waals surface area contributed by atoms with E-state index in [2.05, 4.69) is 4.98 Å². The van der Waals surface area contributed by atoms with E-state index >= 15 is 0 Å². The Hall–Kier alpha value is -2.10. The number of carbonyl (C=O) groups is 2. The van der Waals surface area contributed by atoms with Crippen LogP contribution in [0.2, 0.25) is 0 Å². The molecule has 1 atom stereocenters. The molecule has 2 rings (SSSR count). The number of hydrogen-bond acceptors (Lipinski definition) is 2. The number of aromatic nitrogens is 1. The summed E-state index contributed by atoms with van der Waals surface area (Å²) in [5, 5.41) is 0.947. The first-order valence-corrected chi connectivity index (χ1v) is 5.01. The first kappa shape index (κ1) is 10.4. The zero-order valence-corrected chi connectivity index (χ0v) is 8.86. The van der Waals surface area contributed by atoms with E-state index in [1.165, 1.54) is 6.92 Å². The minimum atomic E-state index is -0.798. The number of hydrogen-bond donors (Lipinski definition) is 2. The molecular weight excluding hydrogens is 204 g/mol. The van der Waals surface area contributed by atoms with E-state index in [1.807, 2.05) is 24.3 Å². The van der Waals surface area contributed by atoms with Crippen molar-refractivity contribution < 1.29 is 9.59 Å². The number of benzene rings is 1. The number of nitrogens with two attached hydrogens (primary N) is 1. The van der Waals surface area contributed by atoms with Crippen LogP contribution < -0.4 is 5.73 Å². The number of para-hydroxylation sites is 1. The third kappa shape index (κ3) is 1.69. The zero-order chi connectivity index (χ0) is 11.7. The van der Waals surface area contributed by atoms with Crippen LogP contribution in [0.15, 0.2) is 30.3 Å². The van der Waals surface area contributed by atoms with Gasteiger partial charge in [-0.05, 0) is 19.1 Å². The van der Waals surface area contributed by atoms with E-state index in [4.69, 9.17) is 5.73 Å². The monoisotopic (exact) mass is 216 g/mol. The third-order valence-corrected chi connectivity index (χ3v) is 2.62. The average molecular weight is 216 g/mol. The number of fused-ring (bicyclic) bond motifs is 1. The van der Waals surface area contributed by atoms with E-state index in [0.717, 1.165) is 10.9 Å². The molecular formula is C12H12N2O2. The predicted molar refractivity (Wildman–Crippen MR) is 61.0 cm³/mol. The second-order valence-corrected chi connectivity index (χ2v) is 3.76. The van der Waals surface area contributed by atoms with E-state index in [9.17, 15) is 9.59 Å². The molecule has 0 radical (unpaired) electrons. The van der Waals surface area contributed by atoms with Crippen LogP contribution in [-0.4, -0.2) is 16.7 Å². The van der Waals surface area contributed by atoms with Crippen molar-refractivity contribution in [2.75, 3.05) is 0 Å². The molecule has 4 heteroatoms. The lowest BCUT2D eigenvalue weighted by Gasteiger charge is -2.02. The fraction of sp³-hybridized carbons (Fsp3) is 0.167. The van der Waals surface area contributed by atoms with Crippen molar-refractivity contribution in [1.82, 2.24) is 4.98 Å². The lowest BCUT2D eigenvalue weighted by atomic mass is 10.0. The maximum absolute atomic E-state index is 11.8. The van der Waals surface area contributed by atoms with Gasteiger partial charge >= 0.3 is 0 Å². The second kappa shape index (κ2) is 3.81. The summed E-state index contributed by atoms with van der Waals surface area (Å²) in [6.07, 6.45) is 0. The standard InChI is InChI=1S/C12H12N2O2/c1-7(12(13)16)11(15)10-6-8-4-2-3-5-9(8)14-10/h2-7,14H,1H3,(H2,13,16). The fourth-order valence-corrected chi connectivity index (χ4v) is 1.57. The summed E-state index contributed by atoms with van der Waals surface area (Å²) in [6.45, 7) is 1.51. The van der Waals surface area contributed by atoms with E-state index in [-0.39, 0.29) is 5.78 Å². The Morgan fingerprint density at radius 3 is 2.62 bits per heavy atom. The molecule has 82 valence electrons. The first-order chi connectivity index (χ1) is 7.59. The van der Waals surface area contributed by atoms with Gasteiger partial charge in [-0.25, -0.2) is 0 Å². The molecule has 0 aliphatic rings. The van der Waals surface area contributed by atoms with E-state index in [0.29, 0.717) is 5.69 Å². The van der Waals surface area contributed by atoms with Gasteiger partial charge in [0.25, 0.3) is 0 Å². The molecule has 2 aromatic rings. The maximum Gasteiger partial charge on any atom is 0.228 e. The quantitative estimate of drug-likeness (QED) is 0.602. The maximum atomic E-state index is 11.8. The molecule has 0 saturated carbocycles. The van der Waals surface area contributed by atoms with Gasteiger partial charge in [0.1, 0.15) is 0 Å². The van der Waals surface area contributed by atoms with Crippen molar-refractivity contribution in [1.29, 1.82) is 0 Å². The topological polar surface area (TPSA) is 76.0 Å². The Labute approximate surface area is 92.4 Å². The van der Waals surface area contributed by atoms with Crippen LogP contribution in [0.3, 0.4) is 0 Å². The van der Waals surface area contributed by atoms with Gasteiger partial charge in [-0.1, -0.05) is 18.2 Å². The third-order valence-electron chi connectivity index (χ3n) is 2.62. The molecule has 1 aromatic carbocycles. The number of ketones is 1. The Morgan fingerprint density at radius 1 is 1.31 bits per heavy atom. The summed E-state index contributed by atoms with van der Waals surface area (Å²) >= 11 is 0. The summed E-state index contributed by atoms with van der Waals surface area (Å²) in [5.74, 6) is -1.68. The van der Waals surface area contributed by atoms with E-state index in [1.54, 1.807) is 6.07 Å². The highest BCUT2D eigenvalue weighted by Gasteiger charge is 2.21.